The molecule has 14 heavy (non-hydrogen) atoms. The zero-order valence-corrected chi connectivity index (χ0v) is 8.95. The number of fused-ring (bicyclic) bond motifs is 1. The highest BCUT2D eigenvalue weighted by Gasteiger charge is 2.18. The first kappa shape index (κ1) is 9.52. The molecule has 1 aliphatic rings. The topological polar surface area (TPSA) is 52.3 Å². The van der Waals surface area contributed by atoms with E-state index in [2.05, 4.69) is 0 Å². The molecule has 4 heteroatoms. The number of methoxy groups -OCH3 is 1. The molecule has 0 spiro atoms. The maximum Gasteiger partial charge on any atom is 0.210 e. The molecule has 1 aromatic rings. The van der Waals surface area contributed by atoms with Gasteiger partial charge in [-0.1, -0.05) is 0 Å². The van der Waals surface area contributed by atoms with Gasteiger partial charge < -0.3 is 10.5 Å². The minimum Gasteiger partial charge on any atom is -0.486 e. The summed E-state index contributed by atoms with van der Waals surface area (Å²) in [5.74, 6) is 0. The average molecular weight is 211 g/mol. The van der Waals surface area contributed by atoms with Crippen molar-refractivity contribution in [2.45, 2.75) is 25.7 Å². The summed E-state index contributed by atoms with van der Waals surface area (Å²) in [5.41, 5.74) is 6.86. The number of rotatable bonds is 1. The van der Waals surface area contributed by atoms with Gasteiger partial charge in [0.05, 0.1) is 7.11 Å². The summed E-state index contributed by atoms with van der Waals surface area (Å²) in [6.45, 7) is 0. The van der Waals surface area contributed by atoms with E-state index >= 15 is 0 Å². The first-order chi connectivity index (χ1) is 6.74. The summed E-state index contributed by atoms with van der Waals surface area (Å²) in [4.78, 5) is 13.0. The Morgan fingerprint density at radius 1 is 1.36 bits per heavy atom. The Morgan fingerprint density at radius 2 is 2.07 bits per heavy atom. The third-order valence-corrected chi connectivity index (χ3v) is 3.83. The largest absolute Gasteiger partial charge is 0.486 e. The summed E-state index contributed by atoms with van der Waals surface area (Å²) < 4.78 is 5.09. The van der Waals surface area contributed by atoms with Crippen LogP contribution in [0, 0.1) is 0 Å². The molecule has 0 amide bonds. The summed E-state index contributed by atoms with van der Waals surface area (Å²) in [6.07, 6.45) is 4.13. The Hall–Kier alpha value is -1.03. The first-order valence-electron chi connectivity index (χ1n) is 4.72. The third-order valence-electron chi connectivity index (χ3n) is 2.56. The second kappa shape index (κ2) is 3.61. The molecule has 76 valence electrons. The summed E-state index contributed by atoms with van der Waals surface area (Å²) >= 11 is 1.52. The highest BCUT2D eigenvalue weighted by atomic mass is 32.1. The summed E-state index contributed by atoms with van der Waals surface area (Å²) in [6, 6.07) is 0. The van der Waals surface area contributed by atoms with Crippen LogP contribution in [0.2, 0.25) is 0 Å². The van der Waals surface area contributed by atoms with Crippen LogP contribution in [0.1, 0.15) is 23.3 Å². The number of hydrogen-bond acceptors (Lipinski definition) is 4. The Kier molecular flexibility index (Phi) is 2.46. The van der Waals surface area contributed by atoms with Gasteiger partial charge in [-0.25, -0.2) is 0 Å². The fourth-order valence-corrected chi connectivity index (χ4v) is 2.88. The van der Waals surface area contributed by atoms with Crippen LogP contribution in [0.5, 0.6) is 5.06 Å². The normalized spacial score (nSPS) is 14.9. The minimum atomic E-state index is -0.0182. The zero-order chi connectivity index (χ0) is 10.1. The SMILES string of the molecule is COc1sc2c(c(=O)c1N)CCCC2. The molecule has 0 bridgehead atoms. The van der Waals surface area contributed by atoms with Crippen molar-refractivity contribution in [3.05, 3.63) is 20.7 Å². The van der Waals surface area contributed by atoms with E-state index in [9.17, 15) is 4.79 Å². The first-order valence-corrected chi connectivity index (χ1v) is 5.54. The monoisotopic (exact) mass is 211 g/mol. The van der Waals surface area contributed by atoms with Crippen LogP contribution in [0.25, 0.3) is 0 Å². The van der Waals surface area contributed by atoms with Crippen molar-refractivity contribution >= 4 is 17.0 Å². The average Bonchev–Trinajstić information content (AvgIpc) is 2.23. The van der Waals surface area contributed by atoms with Gasteiger partial charge in [0, 0.05) is 10.4 Å². The van der Waals surface area contributed by atoms with Gasteiger partial charge in [0.1, 0.15) is 5.69 Å². The lowest BCUT2D eigenvalue weighted by atomic mass is 9.98. The molecule has 1 heterocycles. The van der Waals surface area contributed by atoms with Gasteiger partial charge in [-0.2, -0.15) is 0 Å². The van der Waals surface area contributed by atoms with Gasteiger partial charge in [0.15, 0.2) is 0 Å². The Balaban J connectivity index is 2.63. The van der Waals surface area contributed by atoms with E-state index in [-0.39, 0.29) is 11.1 Å². The molecule has 0 aliphatic heterocycles. The molecule has 2 rings (SSSR count). The van der Waals surface area contributed by atoms with E-state index in [0.29, 0.717) is 5.06 Å². The molecule has 0 radical (unpaired) electrons. The van der Waals surface area contributed by atoms with Crippen molar-refractivity contribution in [2.24, 2.45) is 0 Å². The second-order valence-electron chi connectivity index (χ2n) is 3.45. The van der Waals surface area contributed by atoms with E-state index in [1.807, 2.05) is 0 Å². The predicted octanol–water partition coefficient (Wildman–Crippen LogP) is 1.58. The van der Waals surface area contributed by atoms with Crippen molar-refractivity contribution in [3.63, 3.8) is 0 Å². The van der Waals surface area contributed by atoms with E-state index in [0.717, 1.165) is 36.1 Å². The number of ether oxygens (including phenoxy) is 1. The van der Waals surface area contributed by atoms with Gasteiger partial charge in [-0.05, 0) is 25.7 Å². The molecule has 0 aromatic carbocycles. The fourth-order valence-electron chi connectivity index (χ4n) is 1.80. The molecule has 2 N–H and O–H groups in total. The standard InChI is InChI=1S/C10H13NO2S/c1-13-10-8(11)9(12)6-4-2-3-5-7(6)14-10/h2-5,11H2,1H3. The predicted molar refractivity (Wildman–Crippen MR) is 58.2 cm³/mol. The number of hydrogen-bond donors (Lipinski definition) is 1. The molecular formula is C10H13NO2S. The maximum absolute atomic E-state index is 11.8. The Labute approximate surface area is 86.5 Å². The van der Waals surface area contributed by atoms with Crippen LogP contribution in [-0.4, -0.2) is 7.11 Å². The van der Waals surface area contributed by atoms with Gasteiger partial charge in [-0.3, -0.25) is 4.79 Å². The molecule has 0 saturated heterocycles. The lowest BCUT2D eigenvalue weighted by Crippen LogP contribution is -2.18. The van der Waals surface area contributed by atoms with Gasteiger partial charge in [0.2, 0.25) is 10.5 Å². The summed E-state index contributed by atoms with van der Waals surface area (Å²) in [5, 5.41) is 0.565. The molecule has 1 aromatic heterocycles. The van der Waals surface area contributed by atoms with E-state index < -0.39 is 0 Å². The van der Waals surface area contributed by atoms with E-state index in [1.165, 1.54) is 11.3 Å². The van der Waals surface area contributed by atoms with Crippen molar-refractivity contribution in [1.82, 2.24) is 0 Å². The Morgan fingerprint density at radius 3 is 2.79 bits per heavy atom. The molecule has 1 aliphatic carbocycles. The quantitative estimate of drug-likeness (QED) is 0.767. The van der Waals surface area contributed by atoms with Crippen LogP contribution < -0.4 is 15.9 Å². The molecule has 3 nitrogen and oxygen atoms in total. The molecule has 0 saturated carbocycles. The molecular weight excluding hydrogens is 198 g/mol. The number of anilines is 1. The van der Waals surface area contributed by atoms with E-state index in [1.54, 1.807) is 7.11 Å². The van der Waals surface area contributed by atoms with Crippen molar-refractivity contribution < 1.29 is 4.74 Å². The summed E-state index contributed by atoms with van der Waals surface area (Å²) in [7, 11) is 1.55. The van der Waals surface area contributed by atoms with Crippen LogP contribution in [0.3, 0.4) is 0 Å². The molecule has 0 fully saturated rings. The van der Waals surface area contributed by atoms with Crippen LogP contribution in [-0.2, 0) is 12.8 Å². The Bertz CT molecular complexity index is 411. The van der Waals surface area contributed by atoms with Crippen molar-refractivity contribution in [3.8, 4) is 5.06 Å². The van der Waals surface area contributed by atoms with Crippen LogP contribution >= 0.6 is 11.3 Å². The molecule has 0 unspecified atom stereocenters. The highest BCUT2D eigenvalue weighted by Crippen LogP contribution is 2.32. The zero-order valence-electron chi connectivity index (χ0n) is 8.13. The van der Waals surface area contributed by atoms with Gasteiger partial charge >= 0.3 is 0 Å². The van der Waals surface area contributed by atoms with Crippen molar-refractivity contribution in [2.75, 3.05) is 12.8 Å². The minimum absolute atomic E-state index is 0.0182. The smallest absolute Gasteiger partial charge is 0.210 e. The van der Waals surface area contributed by atoms with Gasteiger partial charge in [-0.15, -0.1) is 11.3 Å². The fraction of sp³-hybridized carbons (Fsp3) is 0.500. The lowest BCUT2D eigenvalue weighted by molar-refractivity contribution is 0.428. The van der Waals surface area contributed by atoms with E-state index in [4.69, 9.17) is 10.5 Å². The number of nitrogen functional groups attached to an aromatic ring is 1. The van der Waals surface area contributed by atoms with Crippen molar-refractivity contribution in [1.29, 1.82) is 0 Å². The van der Waals surface area contributed by atoms with Crippen LogP contribution in [0.4, 0.5) is 5.69 Å². The lowest BCUT2D eigenvalue weighted by Gasteiger charge is -2.15. The third kappa shape index (κ3) is 1.39. The maximum atomic E-state index is 11.8. The van der Waals surface area contributed by atoms with Crippen LogP contribution in [0.15, 0.2) is 4.79 Å². The number of nitrogens with two attached hydrogens (primary N) is 1. The number of aryl methyl sites for hydroxylation is 1. The van der Waals surface area contributed by atoms with Gasteiger partial charge in [0.25, 0.3) is 0 Å². The highest BCUT2D eigenvalue weighted by molar-refractivity contribution is 7.14. The molecule has 0 atom stereocenters. The second-order valence-corrected chi connectivity index (χ2v) is 4.51.